The smallest absolute Gasteiger partial charge is 0.230 e. The summed E-state index contributed by atoms with van der Waals surface area (Å²) in [5.41, 5.74) is 2.38. The first-order valence-electron chi connectivity index (χ1n) is 6.47. The van der Waals surface area contributed by atoms with Crippen molar-refractivity contribution in [1.29, 1.82) is 0 Å². The second-order valence-electron chi connectivity index (χ2n) is 4.47. The van der Waals surface area contributed by atoms with Crippen LogP contribution in [0.15, 0.2) is 58.1 Å². The van der Waals surface area contributed by atoms with Gasteiger partial charge in [0.2, 0.25) is 5.91 Å². The number of nitrogens with zero attached hydrogens (tertiary/aromatic N) is 2. The molecule has 3 aromatic rings. The van der Waals surface area contributed by atoms with Gasteiger partial charge in [-0.25, -0.2) is 4.63 Å². The first-order valence-corrected chi connectivity index (χ1v) is 7.45. The van der Waals surface area contributed by atoms with Crippen LogP contribution >= 0.6 is 11.8 Å². The van der Waals surface area contributed by atoms with E-state index in [1.165, 1.54) is 11.8 Å². The minimum absolute atomic E-state index is 0.00206. The summed E-state index contributed by atoms with van der Waals surface area (Å²) in [7, 11) is 0. The molecule has 0 aliphatic heterocycles. The lowest BCUT2D eigenvalue weighted by molar-refractivity contribution is -0.118. The highest BCUT2D eigenvalue weighted by atomic mass is 32.2. The maximum absolute atomic E-state index is 11.8. The van der Waals surface area contributed by atoms with Crippen LogP contribution in [0.1, 0.15) is 5.56 Å². The summed E-state index contributed by atoms with van der Waals surface area (Å²) in [5.74, 6) is 0.403. The van der Waals surface area contributed by atoms with E-state index in [-0.39, 0.29) is 5.91 Å². The van der Waals surface area contributed by atoms with E-state index < -0.39 is 0 Å². The van der Waals surface area contributed by atoms with Crippen molar-refractivity contribution < 1.29 is 9.42 Å². The van der Waals surface area contributed by atoms with Gasteiger partial charge in [0.25, 0.3) is 0 Å². The van der Waals surface area contributed by atoms with Crippen LogP contribution in [-0.4, -0.2) is 22.0 Å². The molecule has 5 nitrogen and oxygen atoms in total. The Hall–Kier alpha value is -2.34. The molecule has 0 unspecified atom stereocenters. The Morgan fingerprint density at radius 3 is 2.76 bits per heavy atom. The molecule has 0 radical (unpaired) electrons. The van der Waals surface area contributed by atoms with Crippen molar-refractivity contribution >= 4 is 28.7 Å². The van der Waals surface area contributed by atoms with Gasteiger partial charge in [0.15, 0.2) is 0 Å². The number of hydrogen-bond donors (Lipinski definition) is 1. The Balaban J connectivity index is 1.51. The van der Waals surface area contributed by atoms with Crippen LogP contribution in [-0.2, 0) is 11.3 Å². The van der Waals surface area contributed by atoms with Gasteiger partial charge >= 0.3 is 0 Å². The van der Waals surface area contributed by atoms with Crippen LogP contribution in [0.2, 0.25) is 0 Å². The van der Waals surface area contributed by atoms with E-state index in [4.69, 9.17) is 0 Å². The number of nitrogens with one attached hydrogen (secondary N) is 1. The molecular weight excluding hydrogens is 286 g/mol. The van der Waals surface area contributed by atoms with E-state index in [2.05, 4.69) is 20.3 Å². The van der Waals surface area contributed by atoms with Crippen molar-refractivity contribution in [3.05, 3.63) is 54.1 Å². The fraction of sp³-hybridized carbons (Fsp3) is 0.133. The fourth-order valence-corrected chi connectivity index (χ4v) is 2.60. The molecule has 21 heavy (non-hydrogen) atoms. The Morgan fingerprint density at radius 1 is 1.10 bits per heavy atom. The maximum Gasteiger partial charge on any atom is 0.230 e. The minimum atomic E-state index is 0.00206. The average molecular weight is 299 g/mol. The lowest BCUT2D eigenvalue weighted by Crippen LogP contribution is -2.24. The molecular formula is C15H13N3O2S. The van der Waals surface area contributed by atoms with E-state index in [0.29, 0.717) is 23.3 Å². The number of carbonyl (C=O) groups excluding carboxylic acids is 1. The van der Waals surface area contributed by atoms with Crippen molar-refractivity contribution in [2.75, 3.05) is 5.75 Å². The summed E-state index contributed by atoms with van der Waals surface area (Å²) < 4.78 is 4.64. The van der Waals surface area contributed by atoms with Crippen LogP contribution in [0.3, 0.4) is 0 Å². The standard InChI is InChI=1S/C15H13N3O2S/c19-15(10-21-12-4-2-1-3-5-12)16-9-11-6-7-13-14(8-11)18-20-17-13/h1-8H,9-10H2,(H,16,19). The third-order valence-electron chi connectivity index (χ3n) is 2.92. The predicted octanol–water partition coefficient (Wildman–Crippen LogP) is 2.63. The third kappa shape index (κ3) is 3.61. The number of aromatic nitrogens is 2. The lowest BCUT2D eigenvalue weighted by atomic mass is 10.2. The SMILES string of the molecule is O=C(CSc1ccccc1)NCc1ccc2nonc2c1. The molecule has 3 rings (SSSR count). The zero-order valence-electron chi connectivity index (χ0n) is 11.2. The van der Waals surface area contributed by atoms with E-state index >= 15 is 0 Å². The summed E-state index contributed by atoms with van der Waals surface area (Å²) in [5, 5.41) is 10.4. The normalized spacial score (nSPS) is 10.7. The van der Waals surface area contributed by atoms with Gasteiger partial charge in [0.1, 0.15) is 11.0 Å². The van der Waals surface area contributed by atoms with Crippen LogP contribution in [0.5, 0.6) is 0 Å². The highest BCUT2D eigenvalue weighted by Crippen LogP contribution is 2.16. The molecule has 0 atom stereocenters. The van der Waals surface area contributed by atoms with E-state index in [1.807, 2.05) is 48.5 Å². The first-order chi connectivity index (χ1) is 10.3. The number of carbonyl (C=O) groups is 1. The van der Waals surface area contributed by atoms with Crippen molar-refractivity contribution in [3.8, 4) is 0 Å². The number of fused-ring (bicyclic) bond motifs is 1. The predicted molar refractivity (Wildman–Crippen MR) is 80.8 cm³/mol. The van der Waals surface area contributed by atoms with E-state index in [9.17, 15) is 4.79 Å². The highest BCUT2D eigenvalue weighted by Gasteiger charge is 2.05. The summed E-state index contributed by atoms with van der Waals surface area (Å²) >= 11 is 1.52. The molecule has 1 heterocycles. The summed E-state index contributed by atoms with van der Waals surface area (Å²) in [6.45, 7) is 0.469. The molecule has 6 heteroatoms. The highest BCUT2D eigenvalue weighted by molar-refractivity contribution is 8.00. The second kappa shape index (κ2) is 6.41. The zero-order valence-corrected chi connectivity index (χ0v) is 12.0. The van der Waals surface area contributed by atoms with Gasteiger partial charge in [-0.05, 0) is 40.1 Å². The molecule has 0 bridgehead atoms. The zero-order chi connectivity index (χ0) is 14.5. The fourth-order valence-electron chi connectivity index (χ4n) is 1.85. The molecule has 0 aliphatic carbocycles. The average Bonchev–Trinajstić information content (AvgIpc) is 2.99. The molecule has 0 saturated carbocycles. The van der Waals surface area contributed by atoms with Crippen molar-refractivity contribution in [3.63, 3.8) is 0 Å². The van der Waals surface area contributed by atoms with Crippen LogP contribution in [0.4, 0.5) is 0 Å². The number of hydrogen-bond acceptors (Lipinski definition) is 5. The summed E-state index contributed by atoms with van der Waals surface area (Å²) in [4.78, 5) is 12.9. The number of amides is 1. The Morgan fingerprint density at radius 2 is 1.90 bits per heavy atom. The van der Waals surface area contributed by atoms with Crippen LogP contribution in [0, 0.1) is 0 Å². The monoisotopic (exact) mass is 299 g/mol. The number of thioether (sulfide) groups is 1. The second-order valence-corrected chi connectivity index (χ2v) is 5.51. The van der Waals surface area contributed by atoms with Gasteiger partial charge in [-0.1, -0.05) is 24.3 Å². The lowest BCUT2D eigenvalue weighted by Gasteiger charge is -2.05. The van der Waals surface area contributed by atoms with Gasteiger partial charge in [-0.3, -0.25) is 4.79 Å². The molecule has 0 spiro atoms. The first kappa shape index (κ1) is 13.6. The molecule has 1 aromatic heterocycles. The largest absolute Gasteiger partial charge is 0.351 e. The quantitative estimate of drug-likeness (QED) is 0.734. The molecule has 106 valence electrons. The molecule has 1 N–H and O–H groups in total. The van der Waals surface area contributed by atoms with Crippen molar-refractivity contribution in [2.45, 2.75) is 11.4 Å². The molecule has 0 aliphatic rings. The van der Waals surface area contributed by atoms with E-state index in [1.54, 1.807) is 0 Å². The Labute approximate surface area is 125 Å². The van der Waals surface area contributed by atoms with Gasteiger partial charge in [0.05, 0.1) is 5.75 Å². The third-order valence-corrected chi connectivity index (χ3v) is 3.93. The molecule has 1 amide bonds. The van der Waals surface area contributed by atoms with Crippen molar-refractivity contribution in [1.82, 2.24) is 15.6 Å². The van der Waals surface area contributed by atoms with Crippen LogP contribution < -0.4 is 5.32 Å². The molecule has 0 fully saturated rings. The Bertz CT molecular complexity index is 743. The molecule has 2 aromatic carbocycles. The van der Waals surface area contributed by atoms with Gasteiger partial charge < -0.3 is 5.32 Å². The minimum Gasteiger partial charge on any atom is -0.351 e. The van der Waals surface area contributed by atoms with Gasteiger partial charge in [0, 0.05) is 11.4 Å². The van der Waals surface area contributed by atoms with E-state index in [0.717, 1.165) is 10.5 Å². The van der Waals surface area contributed by atoms with Crippen molar-refractivity contribution in [2.24, 2.45) is 0 Å². The maximum atomic E-state index is 11.8. The Kier molecular flexibility index (Phi) is 4.16. The van der Waals surface area contributed by atoms with Gasteiger partial charge in [-0.2, -0.15) is 0 Å². The van der Waals surface area contributed by atoms with Crippen LogP contribution in [0.25, 0.3) is 11.0 Å². The number of benzene rings is 2. The van der Waals surface area contributed by atoms with Gasteiger partial charge in [-0.15, -0.1) is 11.8 Å². The summed E-state index contributed by atoms with van der Waals surface area (Å²) in [6, 6.07) is 15.4. The summed E-state index contributed by atoms with van der Waals surface area (Å²) in [6.07, 6.45) is 0. The topological polar surface area (TPSA) is 68.0 Å². The number of rotatable bonds is 5. The molecule has 0 saturated heterocycles.